The highest BCUT2D eigenvalue weighted by molar-refractivity contribution is 7.04. The summed E-state index contributed by atoms with van der Waals surface area (Å²) in [6.45, 7) is 30.4. The highest BCUT2D eigenvalue weighted by atomic mass is 28.6. The molecule has 6 aliphatic heterocycles. The van der Waals surface area contributed by atoms with E-state index in [2.05, 4.69) is 139 Å². The van der Waals surface area contributed by atoms with Gasteiger partial charge >= 0.3 is 70.4 Å². The summed E-state index contributed by atoms with van der Waals surface area (Å²) in [7, 11) is -32.0. The summed E-state index contributed by atoms with van der Waals surface area (Å²) >= 11 is 0. The highest BCUT2D eigenvalue weighted by Crippen LogP contribution is 2.55. The molecule has 6 fully saturated rings. The minimum Gasteiger partial charge on any atom is -0.373 e. The molecule has 0 aromatic carbocycles. The zero-order chi connectivity index (χ0) is 43.6. The van der Waals surface area contributed by atoms with Crippen LogP contribution in [0.2, 0.25) is 42.3 Å². The first-order chi connectivity index (χ1) is 27.9. The van der Waals surface area contributed by atoms with Crippen molar-refractivity contribution >= 4 is 76.5 Å². The van der Waals surface area contributed by atoms with Crippen LogP contribution in [0.3, 0.4) is 0 Å². The van der Waals surface area contributed by atoms with Crippen LogP contribution in [0.25, 0.3) is 17.2 Å². The number of rotatable bonds is 16. The van der Waals surface area contributed by atoms with Crippen LogP contribution in [0.1, 0.15) is 102 Å². The van der Waals surface area contributed by atoms with Gasteiger partial charge in [0.2, 0.25) is 0 Å². The molecule has 2 aliphatic carbocycles. The van der Waals surface area contributed by atoms with Gasteiger partial charge in [0.1, 0.15) is 0 Å². The lowest BCUT2D eigenvalue weighted by Gasteiger charge is -2.63. The van der Waals surface area contributed by atoms with Gasteiger partial charge in [-0.3, -0.25) is 0 Å². The van der Waals surface area contributed by atoms with Gasteiger partial charge in [0.05, 0.1) is 0 Å². The van der Waals surface area contributed by atoms with Crippen molar-refractivity contribution in [3.8, 4) is 11.1 Å². The Bertz CT molecular complexity index is 1630. The summed E-state index contributed by atoms with van der Waals surface area (Å²) in [4.78, 5) is 0. The maximum atomic E-state index is 7.86. The van der Waals surface area contributed by atoms with Gasteiger partial charge in [-0.1, -0.05) is 133 Å². The predicted octanol–water partition coefficient (Wildman–Crippen LogP) is 10.7. The summed E-state index contributed by atoms with van der Waals surface area (Å²) in [5, 5.41) is 0. The third-order valence-corrected chi connectivity index (χ3v) is 49.9. The lowest BCUT2D eigenvalue weighted by atomic mass is 10.2. The van der Waals surface area contributed by atoms with Crippen molar-refractivity contribution in [1.29, 1.82) is 0 Å². The van der Waals surface area contributed by atoms with Gasteiger partial charge in [-0.15, -0.1) is 0 Å². The maximum Gasteiger partial charge on any atom is 0.507 e. The van der Waals surface area contributed by atoms with E-state index in [-0.39, 0.29) is 41.4 Å². The Labute approximate surface area is 369 Å². The standard InChI is InChI=1S/C40H72O12Si8/c1-31(2)24-54-41-53(21-20-38-22-39-18-16-15-17-19-40(39)23-38)42-55(25-32(3)4)46-57(44-54,27-34(7)8)50-60(30-37(13)14)51-58(45-54,28-35(9)10)47-56(43-53,26-33(5)6)49-59(48-55,52-60)29-36(11)12/h15-23,31-37H,24-30H2,1-14H3. The highest BCUT2D eigenvalue weighted by Gasteiger charge is 2.83. The summed E-state index contributed by atoms with van der Waals surface area (Å²) < 4.78 is 94.1. The zero-order valence-electron chi connectivity index (χ0n) is 38.6. The third-order valence-electron chi connectivity index (χ3n) is 10.5. The molecular formula is C40H72O12Si8. The molecule has 0 unspecified atom stereocenters. The fourth-order valence-corrected chi connectivity index (χ4v) is 59.8. The Morgan fingerprint density at radius 1 is 0.350 bits per heavy atom. The average Bonchev–Trinajstić information content (AvgIpc) is 3.25. The molecule has 8 rings (SSSR count). The minimum atomic E-state index is -4.22. The molecular weight excluding hydrogens is 897 g/mol. The van der Waals surface area contributed by atoms with Gasteiger partial charge in [-0.05, 0) is 75.9 Å². The van der Waals surface area contributed by atoms with Gasteiger partial charge in [-0.25, -0.2) is 0 Å². The van der Waals surface area contributed by atoms with E-state index in [1.165, 1.54) is 0 Å². The van der Waals surface area contributed by atoms with Crippen LogP contribution >= 0.6 is 0 Å². The van der Waals surface area contributed by atoms with Crippen LogP contribution in [-0.4, -0.2) is 70.4 Å². The zero-order valence-corrected chi connectivity index (χ0v) is 46.6. The first kappa shape index (κ1) is 47.7. The smallest absolute Gasteiger partial charge is 0.373 e. The van der Waals surface area contributed by atoms with Crippen LogP contribution in [0.5, 0.6) is 0 Å². The van der Waals surface area contributed by atoms with Crippen molar-refractivity contribution in [3.63, 3.8) is 0 Å². The number of fused-ring (bicyclic) bond motifs is 1. The molecule has 60 heavy (non-hydrogen) atoms. The normalized spacial score (nSPS) is 38.0. The molecule has 0 saturated carbocycles. The maximum absolute atomic E-state index is 7.86. The number of hydrogen-bond donors (Lipinski definition) is 0. The SMILES string of the molecule is CC(C)C[Si]12O[Si]3(C=Cc4cc5cccccc-5c4)O[Si]4(CC(C)C)O[Si](CC(C)C)(O1)O[Si]1(CC(C)C)O[Si](CC(C)C)(O2)O[Si](CC(C)C)(O3)O[Si](CC(C)C)(O4)O1. The first-order valence-electron chi connectivity index (χ1n) is 22.5. The van der Waals surface area contributed by atoms with Crippen LogP contribution in [0.15, 0.2) is 48.2 Å². The first-order valence-corrected chi connectivity index (χ1v) is 37.9. The minimum absolute atomic E-state index is 0.0897. The molecule has 20 heteroatoms. The molecule has 6 saturated heterocycles. The van der Waals surface area contributed by atoms with E-state index in [0.717, 1.165) is 16.7 Å². The molecule has 8 aliphatic rings. The van der Waals surface area contributed by atoms with E-state index >= 15 is 0 Å². The summed E-state index contributed by atoms with van der Waals surface area (Å²) in [6, 6.07) is 18.0. The predicted molar refractivity (Wildman–Crippen MR) is 249 cm³/mol. The molecule has 0 N–H and O–H groups in total. The van der Waals surface area contributed by atoms with Gasteiger partial charge < -0.3 is 49.4 Å². The van der Waals surface area contributed by atoms with Crippen LogP contribution < -0.4 is 0 Å². The Balaban J connectivity index is 1.59. The molecule has 8 bridgehead atoms. The average molecular weight is 970 g/mol. The lowest BCUT2D eigenvalue weighted by molar-refractivity contribution is -0.0311. The second-order valence-corrected chi connectivity index (χ2v) is 44.5. The Hall–Kier alpha value is -0.305. The molecule has 336 valence electrons. The van der Waals surface area contributed by atoms with Crippen molar-refractivity contribution in [2.24, 2.45) is 41.4 Å². The van der Waals surface area contributed by atoms with Gasteiger partial charge in [-0.2, -0.15) is 0 Å². The van der Waals surface area contributed by atoms with Crippen LogP contribution in [-0.2, 0) is 49.4 Å². The monoisotopic (exact) mass is 968 g/mol. The van der Waals surface area contributed by atoms with Gasteiger partial charge in [0.15, 0.2) is 0 Å². The van der Waals surface area contributed by atoms with Gasteiger partial charge in [0, 0.05) is 42.3 Å². The molecule has 6 heterocycles. The molecule has 0 aromatic rings. The molecule has 0 atom stereocenters. The fourth-order valence-electron chi connectivity index (χ4n) is 9.29. The summed E-state index contributed by atoms with van der Waals surface area (Å²) in [5.74, 6) is 0.719. The lowest BCUT2D eigenvalue weighted by Crippen LogP contribution is -2.88. The molecule has 0 radical (unpaired) electrons. The van der Waals surface area contributed by atoms with E-state index in [0.29, 0.717) is 42.3 Å². The molecule has 12 nitrogen and oxygen atoms in total. The van der Waals surface area contributed by atoms with E-state index in [1.807, 2.05) is 11.8 Å². The summed E-state index contributed by atoms with van der Waals surface area (Å²) in [5.41, 5.74) is 5.24. The molecule has 0 aromatic heterocycles. The quantitative estimate of drug-likeness (QED) is 0.149. The van der Waals surface area contributed by atoms with Crippen molar-refractivity contribution in [2.45, 2.75) is 139 Å². The largest absolute Gasteiger partial charge is 0.507 e. The van der Waals surface area contributed by atoms with Crippen molar-refractivity contribution < 1.29 is 49.4 Å². The fraction of sp³-hybridized carbons (Fsp3) is 0.700. The van der Waals surface area contributed by atoms with E-state index in [9.17, 15) is 0 Å². The van der Waals surface area contributed by atoms with Gasteiger partial charge in [0.25, 0.3) is 0 Å². The summed E-state index contributed by atoms with van der Waals surface area (Å²) in [6.07, 6.45) is 2.06. The van der Waals surface area contributed by atoms with Crippen LogP contribution in [0.4, 0.5) is 0 Å². The Morgan fingerprint density at radius 3 is 0.817 bits per heavy atom. The van der Waals surface area contributed by atoms with E-state index in [4.69, 9.17) is 49.4 Å². The topological polar surface area (TPSA) is 111 Å². The van der Waals surface area contributed by atoms with Crippen molar-refractivity contribution in [1.82, 2.24) is 0 Å². The molecule has 0 amide bonds. The van der Waals surface area contributed by atoms with Crippen molar-refractivity contribution in [2.75, 3.05) is 0 Å². The van der Waals surface area contributed by atoms with E-state index < -0.39 is 70.4 Å². The molecule has 0 spiro atoms. The second kappa shape index (κ2) is 17.5. The Kier molecular flexibility index (Phi) is 13.9. The second-order valence-electron chi connectivity index (χ2n) is 20.7. The van der Waals surface area contributed by atoms with Crippen molar-refractivity contribution in [3.05, 3.63) is 53.7 Å². The Morgan fingerprint density at radius 2 is 0.583 bits per heavy atom. The van der Waals surface area contributed by atoms with E-state index in [1.54, 1.807) is 0 Å². The third kappa shape index (κ3) is 10.5. The number of hydrogen-bond acceptors (Lipinski definition) is 12. The van der Waals surface area contributed by atoms with Crippen LogP contribution in [0, 0.1) is 41.4 Å².